The molecule has 1 amide bonds. The maximum Gasteiger partial charge on any atom is 0.227 e. The lowest BCUT2D eigenvalue weighted by molar-refractivity contribution is -0.131. The lowest BCUT2D eigenvalue weighted by atomic mass is 10.2. The summed E-state index contributed by atoms with van der Waals surface area (Å²) in [4.78, 5) is 25.1. The van der Waals surface area contributed by atoms with Gasteiger partial charge in [0.25, 0.3) is 0 Å². The number of aromatic nitrogens is 1. The van der Waals surface area contributed by atoms with Crippen molar-refractivity contribution in [1.29, 1.82) is 0 Å². The minimum Gasteiger partial charge on any atom is -0.348 e. The van der Waals surface area contributed by atoms with Gasteiger partial charge in [0.15, 0.2) is 5.17 Å². The average Bonchev–Trinajstić information content (AvgIpc) is 2.96. The highest BCUT2D eigenvalue weighted by Crippen LogP contribution is 2.23. The third kappa shape index (κ3) is 3.73. The molecular formula is C15H19ClN4OS. The van der Waals surface area contributed by atoms with E-state index in [1.165, 1.54) is 0 Å². The van der Waals surface area contributed by atoms with Crippen molar-refractivity contribution in [2.24, 2.45) is 4.99 Å². The lowest BCUT2D eigenvalue weighted by Gasteiger charge is -2.35. The number of carbonyl (C=O) groups is 1. The number of hydrogen-bond donors (Lipinski definition) is 0. The maximum absolute atomic E-state index is 12.3. The van der Waals surface area contributed by atoms with Crippen molar-refractivity contribution >= 4 is 34.4 Å². The Morgan fingerprint density at radius 3 is 2.73 bits per heavy atom. The van der Waals surface area contributed by atoms with E-state index in [4.69, 9.17) is 11.6 Å². The highest BCUT2D eigenvalue weighted by atomic mass is 35.5. The summed E-state index contributed by atoms with van der Waals surface area (Å²) in [5.74, 6) is 0.151. The fourth-order valence-electron chi connectivity index (χ4n) is 2.58. The monoisotopic (exact) mass is 338 g/mol. The fourth-order valence-corrected chi connectivity index (χ4v) is 3.68. The number of aliphatic imine (C=N–C) groups is 1. The summed E-state index contributed by atoms with van der Waals surface area (Å²) >= 11 is 7.60. The van der Waals surface area contributed by atoms with Gasteiger partial charge in [-0.1, -0.05) is 36.4 Å². The van der Waals surface area contributed by atoms with Crippen LogP contribution in [0.1, 0.15) is 12.5 Å². The zero-order chi connectivity index (χ0) is 15.5. The minimum atomic E-state index is 0.151. The number of rotatable bonds is 2. The Kier molecular flexibility index (Phi) is 4.88. The first-order chi connectivity index (χ1) is 10.6. The Morgan fingerprint density at radius 1 is 1.36 bits per heavy atom. The second kappa shape index (κ2) is 6.87. The van der Waals surface area contributed by atoms with Crippen LogP contribution in [-0.4, -0.2) is 63.8 Å². The molecule has 0 saturated carbocycles. The summed E-state index contributed by atoms with van der Waals surface area (Å²) in [6.45, 7) is 6.34. The summed E-state index contributed by atoms with van der Waals surface area (Å²) in [5.41, 5.74) is 0.904. The summed E-state index contributed by atoms with van der Waals surface area (Å²) < 4.78 is 0. The van der Waals surface area contributed by atoms with Gasteiger partial charge in [0, 0.05) is 37.6 Å². The number of thioether (sulfide) groups is 1. The predicted octanol–water partition coefficient (Wildman–Crippen LogP) is 1.91. The molecule has 2 aliphatic rings. The molecule has 3 heterocycles. The van der Waals surface area contributed by atoms with Crippen LogP contribution in [0, 0.1) is 0 Å². The molecule has 3 rings (SSSR count). The van der Waals surface area contributed by atoms with E-state index in [0.717, 1.165) is 43.5 Å². The fraction of sp³-hybridized carbons (Fsp3) is 0.533. The van der Waals surface area contributed by atoms with Gasteiger partial charge >= 0.3 is 0 Å². The first-order valence-corrected chi connectivity index (χ1v) is 8.72. The Balaban J connectivity index is 1.50. The van der Waals surface area contributed by atoms with Gasteiger partial charge in [0.1, 0.15) is 5.15 Å². The molecule has 0 radical (unpaired) electrons. The van der Waals surface area contributed by atoms with E-state index < -0.39 is 0 Å². The van der Waals surface area contributed by atoms with Crippen LogP contribution >= 0.6 is 23.4 Å². The van der Waals surface area contributed by atoms with Crippen LogP contribution in [0.25, 0.3) is 0 Å². The van der Waals surface area contributed by atoms with Crippen LogP contribution in [0.5, 0.6) is 0 Å². The van der Waals surface area contributed by atoms with Crippen molar-refractivity contribution in [3.05, 3.63) is 29.0 Å². The highest BCUT2D eigenvalue weighted by Gasteiger charge is 2.26. The maximum atomic E-state index is 12.3. The van der Waals surface area contributed by atoms with Crippen molar-refractivity contribution in [3.63, 3.8) is 0 Å². The van der Waals surface area contributed by atoms with E-state index in [9.17, 15) is 4.79 Å². The molecule has 0 N–H and O–H groups in total. The van der Waals surface area contributed by atoms with Crippen LogP contribution in [0.4, 0.5) is 0 Å². The van der Waals surface area contributed by atoms with Gasteiger partial charge in [-0.2, -0.15) is 0 Å². The number of carbonyl (C=O) groups excluding carboxylic acids is 1. The van der Waals surface area contributed by atoms with Crippen LogP contribution in [0.15, 0.2) is 23.3 Å². The van der Waals surface area contributed by atoms with Crippen molar-refractivity contribution in [3.8, 4) is 0 Å². The molecule has 1 fully saturated rings. The largest absolute Gasteiger partial charge is 0.348 e. The first-order valence-electron chi connectivity index (χ1n) is 7.46. The van der Waals surface area contributed by atoms with Gasteiger partial charge in [-0.3, -0.25) is 9.79 Å². The summed E-state index contributed by atoms with van der Waals surface area (Å²) in [5, 5.41) is 2.17. The molecular weight excluding hydrogens is 320 g/mol. The number of amidine groups is 1. The van der Waals surface area contributed by atoms with Gasteiger partial charge in [0.2, 0.25) is 5.91 Å². The molecule has 5 nitrogen and oxygen atoms in total. The number of pyridine rings is 1. The quantitative estimate of drug-likeness (QED) is 0.773. The molecule has 2 aliphatic heterocycles. The second-order valence-electron chi connectivity index (χ2n) is 5.59. The number of hydrogen-bond acceptors (Lipinski definition) is 5. The topological polar surface area (TPSA) is 48.8 Å². The van der Waals surface area contributed by atoms with Crippen molar-refractivity contribution in [2.45, 2.75) is 18.6 Å². The van der Waals surface area contributed by atoms with Gasteiger partial charge < -0.3 is 9.80 Å². The van der Waals surface area contributed by atoms with E-state index in [-0.39, 0.29) is 5.91 Å². The van der Waals surface area contributed by atoms with Crippen LogP contribution in [-0.2, 0) is 11.2 Å². The third-order valence-electron chi connectivity index (χ3n) is 3.84. The smallest absolute Gasteiger partial charge is 0.227 e. The molecule has 0 aliphatic carbocycles. The number of piperazine rings is 1. The summed E-state index contributed by atoms with van der Waals surface area (Å²) in [6.07, 6.45) is 2.05. The molecule has 0 bridgehead atoms. The molecule has 7 heteroatoms. The van der Waals surface area contributed by atoms with E-state index in [0.29, 0.717) is 16.8 Å². The van der Waals surface area contributed by atoms with E-state index in [2.05, 4.69) is 21.8 Å². The van der Waals surface area contributed by atoms with E-state index >= 15 is 0 Å². The van der Waals surface area contributed by atoms with Gasteiger partial charge in [0.05, 0.1) is 13.0 Å². The number of halogens is 1. The van der Waals surface area contributed by atoms with Crippen molar-refractivity contribution in [1.82, 2.24) is 14.8 Å². The summed E-state index contributed by atoms with van der Waals surface area (Å²) in [6, 6.07) is 3.58. The van der Waals surface area contributed by atoms with E-state index in [1.54, 1.807) is 12.3 Å². The average molecular weight is 339 g/mol. The molecule has 0 spiro atoms. The van der Waals surface area contributed by atoms with Crippen LogP contribution in [0.3, 0.4) is 0 Å². The lowest BCUT2D eigenvalue weighted by Crippen LogP contribution is -2.50. The van der Waals surface area contributed by atoms with Gasteiger partial charge in [-0.15, -0.1) is 0 Å². The van der Waals surface area contributed by atoms with Crippen LogP contribution < -0.4 is 0 Å². The molecule has 1 saturated heterocycles. The highest BCUT2D eigenvalue weighted by molar-refractivity contribution is 8.14. The van der Waals surface area contributed by atoms with Gasteiger partial charge in [-0.25, -0.2) is 4.98 Å². The molecule has 1 unspecified atom stereocenters. The van der Waals surface area contributed by atoms with Crippen molar-refractivity contribution in [2.75, 3.05) is 32.7 Å². The Bertz CT molecular complexity index is 569. The molecule has 118 valence electrons. The second-order valence-corrected chi connectivity index (χ2v) is 7.38. The molecule has 1 aromatic rings. The zero-order valence-electron chi connectivity index (χ0n) is 12.5. The van der Waals surface area contributed by atoms with Crippen molar-refractivity contribution < 1.29 is 4.79 Å². The predicted molar refractivity (Wildman–Crippen MR) is 90.5 cm³/mol. The minimum absolute atomic E-state index is 0.151. The number of nitrogens with zero attached hydrogens (tertiary/aromatic N) is 4. The Labute approximate surface area is 139 Å². The molecule has 0 aromatic carbocycles. The standard InChI is InChI=1S/C15H19ClN4OS/c1-11-9-18-15(22-11)20-6-4-19(5-7-20)14(21)8-12-2-3-13(16)17-10-12/h2-3,10-11H,4-9H2,1H3. The zero-order valence-corrected chi connectivity index (χ0v) is 14.1. The van der Waals surface area contributed by atoms with Gasteiger partial charge in [-0.05, 0) is 11.6 Å². The SMILES string of the molecule is CC1CN=C(N2CCN(C(=O)Cc3ccc(Cl)nc3)CC2)S1. The van der Waals surface area contributed by atoms with Crippen LogP contribution in [0.2, 0.25) is 5.15 Å². The molecule has 22 heavy (non-hydrogen) atoms. The number of amides is 1. The first kappa shape index (κ1) is 15.6. The Hall–Kier alpha value is -1.27. The molecule has 1 aromatic heterocycles. The normalized spacial score (nSPS) is 21.9. The third-order valence-corrected chi connectivity index (χ3v) is 5.21. The summed E-state index contributed by atoms with van der Waals surface area (Å²) in [7, 11) is 0. The molecule has 1 atom stereocenters. The Morgan fingerprint density at radius 2 is 2.14 bits per heavy atom. The van der Waals surface area contributed by atoms with E-state index in [1.807, 2.05) is 22.7 Å².